The van der Waals surface area contributed by atoms with Crippen LogP contribution in [0.1, 0.15) is 25.0 Å². The van der Waals surface area contributed by atoms with Gasteiger partial charge in [0.1, 0.15) is 0 Å². The molecular formula is C66H43N5. The van der Waals surface area contributed by atoms with E-state index < -0.39 is 0 Å². The Kier molecular flexibility index (Phi) is 8.35. The Morgan fingerprint density at radius 2 is 0.915 bits per heavy atom. The van der Waals surface area contributed by atoms with Crippen molar-refractivity contribution in [2.45, 2.75) is 19.3 Å². The number of rotatable bonds is 5. The van der Waals surface area contributed by atoms with Crippen molar-refractivity contribution < 1.29 is 0 Å². The van der Waals surface area contributed by atoms with Crippen LogP contribution >= 0.6 is 0 Å². The summed E-state index contributed by atoms with van der Waals surface area (Å²) in [4.78, 5) is 16.0. The first-order valence-corrected chi connectivity index (χ1v) is 24.4. The van der Waals surface area contributed by atoms with Crippen molar-refractivity contribution in [1.29, 1.82) is 0 Å². The number of nitrogens with zero attached hydrogens (tertiary/aromatic N) is 5. The summed E-state index contributed by atoms with van der Waals surface area (Å²) in [5, 5.41) is 11.1. The van der Waals surface area contributed by atoms with Gasteiger partial charge in [-0.15, -0.1) is 0 Å². The standard InChI is InChI=1S/C66H43N5/c1-66(2)56-38-52-48-26-15-13-24-46(48)45-23-12-14-25-47(45)51(52)37-53(56)49-30-31-50-54-35-42(43-29-33-60-55(36-43)63-61(27-16-34-67-63)70(60)44-21-10-5-11-22-44)28-32-59(54)71(64(50)62(49)66)65-68-57(40-17-6-3-7-18-40)39-58(69-65)41-19-8-4-9-20-41/h3-39H,1-2H3. The lowest BCUT2D eigenvalue weighted by atomic mass is 9.80. The third kappa shape index (κ3) is 5.78. The van der Waals surface area contributed by atoms with E-state index in [1.165, 1.54) is 60.0 Å². The first-order chi connectivity index (χ1) is 35.0. The third-order valence-corrected chi connectivity index (χ3v) is 15.3. The van der Waals surface area contributed by atoms with Gasteiger partial charge in [-0.25, -0.2) is 9.97 Å². The Hall–Kier alpha value is -9.19. The third-order valence-electron chi connectivity index (χ3n) is 15.3. The fraction of sp³-hybridized carbons (Fsp3) is 0.0455. The molecule has 0 aliphatic heterocycles. The molecule has 0 N–H and O–H groups in total. The number of benzene rings is 10. The van der Waals surface area contributed by atoms with Crippen LogP contribution in [0, 0.1) is 0 Å². The highest BCUT2D eigenvalue weighted by Gasteiger charge is 2.39. The van der Waals surface area contributed by atoms with Gasteiger partial charge in [-0.05, 0) is 132 Å². The molecule has 14 aromatic rings. The summed E-state index contributed by atoms with van der Waals surface area (Å²) in [6, 6.07) is 79.1. The largest absolute Gasteiger partial charge is 0.308 e. The maximum absolute atomic E-state index is 5.52. The van der Waals surface area contributed by atoms with Gasteiger partial charge < -0.3 is 4.57 Å². The van der Waals surface area contributed by atoms with E-state index in [-0.39, 0.29) is 5.41 Å². The van der Waals surface area contributed by atoms with Crippen LogP contribution in [0.2, 0.25) is 0 Å². The molecule has 1 aliphatic rings. The van der Waals surface area contributed by atoms with Crippen LogP contribution in [-0.2, 0) is 5.41 Å². The highest BCUT2D eigenvalue weighted by atomic mass is 15.2. The lowest BCUT2D eigenvalue weighted by Crippen LogP contribution is -2.17. The summed E-state index contributed by atoms with van der Waals surface area (Å²) in [7, 11) is 0. The van der Waals surface area contributed by atoms with Gasteiger partial charge in [0.05, 0.1) is 39.0 Å². The predicted molar refractivity (Wildman–Crippen MR) is 295 cm³/mol. The summed E-state index contributed by atoms with van der Waals surface area (Å²) >= 11 is 0. The number of aromatic nitrogens is 5. The smallest absolute Gasteiger partial charge is 0.235 e. The van der Waals surface area contributed by atoms with Crippen molar-refractivity contribution in [3.8, 4) is 56.4 Å². The van der Waals surface area contributed by atoms with Crippen LogP contribution in [0.5, 0.6) is 0 Å². The van der Waals surface area contributed by atoms with Crippen LogP contribution in [0.25, 0.3) is 132 Å². The van der Waals surface area contributed by atoms with Gasteiger partial charge in [0.2, 0.25) is 5.95 Å². The minimum atomic E-state index is -0.385. The minimum absolute atomic E-state index is 0.385. The minimum Gasteiger partial charge on any atom is -0.308 e. The van der Waals surface area contributed by atoms with Crippen molar-refractivity contribution >= 4 is 76.1 Å². The van der Waals surface area contributed by atoms with Crippen LogP contribution in [0.15, 0.2) is 225 Å². The van der Waals surface area contributed by atoms with E-state index in [4.69, 9.17) is 15.0 Å². The van der Waals surface area contributed by atoms with Crippen molar-refractivity contribution in [2.24, 2.45) is 0 Å². The molecule has 5 nitrogen and oxygen atoms in total. The summed E-state index contributed by atoms with van der Waals surface area (Å²) in [6.07, 6.45) is 1.90. The zero-order chi connectivity index (χ0) is 47.0. The van der Waals surface area contributed by atoms with Crippen LogP contribution in [-0.4, -0.2) is 24.1 Å². The van der Waals surface area contributed by atoms with E-state index in [1.807, 2.05) is 12.3 Å². The van der Waals surface area contributed by atoms with Gasteiger partial charge in [0.25, 0.3) is 0 Å². The molecule has 0 atom stereocenters. The molecule has 0 amide bonds. The van der Waals surface area contributed by atoms with Gasteiger partial charge >= 0.3 is 0 Å². The predicted octanol–water partition coefficient (Wildman–Crippen LogP) is 16.8. The van der Waals surface area contributed by atoms with Gasteiger partial charge in [-0.2, -0.15) is 0 Å². The Bertz CT molecular complexity index is 4470. The summed E-state index contributed by atoms with van der Waals surface area (Å²) in [5.41, 5.74) is 17.3. The molecular weight excluding hydrogens is 863 g/mol. The van der Waals surface area contributed by atoms with Crippen molar-refractivity contribution in [2.75, 3.05) is 0 Å². The molecule has 4 aromatic heterocycles. The summed E-state index contributed by atoms with van der Waals surface area (Å²) < 4.78 is 4.69. The maximum atomic E-state index is 5.52. The molecule has 71 heavy (non-hydrogen) atoms. The number of pyridine rings is 1. The first kappa shape index (κ1) is 39.8. The average molecular weight is 906 g/mol. The average Bonchev–Trinajstić information content (AvgIpc) is 4.03. The highest BCUT2D eigenvalue weighted by Crippen LogP contribution is 2.55. The molecule has 1 aliphatic carbocycles. The molecule has 5 heteroatoms. The van der Waals surface area contributed by atoms with E-state index >= 15 is 0 Å². The molecule has 0 unspecified atom stereocenters. The maximum Gasteiger partial charge on any atom is 0.235 e. The lowest BCUT2D eigenvalue weighted by molar-refractivity contribution is 0.664. The van der Waals surface area contributed by atoms with Crippen LogP contribution in [0.4, 0.5) is 0 Å². The van der Waals surface area contributed by atoms with E-state index in [9.17, 15) is 0 Å². The van der Waals surface area contributed by atoms with E-state index in [2.05, 4.69) is 235 Å². The molecule has 4 heterocycles. The number of hydrogen-bond donors (Lipinski definition) is 0. The Balaban J connectivity index is 1.02. The molecule has 10 aromatic carbocycles. The van der Waals surface area contributed by atoms with Crippen molar-refractivity contribution in [3.05, 3.63) is 236 Å². The number of para-hydroxylation sites is 1. The molecule has 0 saturated heterocycles. The van der Waals surface area contributed by atoms with Gasteiger partial charge in [0.15, 0.2) is 0 Å². The van der Waals surface area contributed by atoms with Crippen molar-refractivity contribution in [1.82, 2.24) is 24.1 Å². The second-order valence-corrected chi connectivity index (χ2v) is 19.6. The monoisotopic (exact) mass is 905 g/mol. The van der Waals surface area contributed by atoms with E-state index in [0.29, 0.717) is 5.95 Å². The van der Waals surface area contributed by atoms with E-state index in [0.717, 1.165) is 77.7 Å². The number of hydrogen-bond acceptors (Lipinski definition) is 3. The van der Waals surface area contributed by atoms with Gasteiger partial charge in [-0.1, -0.05) is 166 Å². The zero-order valence-corrected chi connectivity index (χ0v) is 39.1. The van der Waals surface area contributed by atoms with Gasteiger partial charge in [-0.3, -0.25) is 9.55 Å². The highest BCUT2D eigenvalue weighted by molar-refractivity contribution is 6.26. The normalized spacial score (nSPS) is 13.0. The molecule has 0 bridgehead atoms. The fourth-order valence-corrected chi connectivity index (χ4v) is 12.1. The second kappa shape index (κ2) is 14.9. The SMILES string of the molecule is CC1(C)c2cc3c4ccccc4c4ccccc4c3cc2-c2ccc3c4cc(-c5ccc6c(c5)c5ncccc5n6-c5ccccc5)ccc4n(-c4nc(-c5ccccc5)cc(-c5ccccc5)n4)c3c21. The Morgan fingerprint density at radius 3 is 1.55 bits per heavy atom. The van der Waals surface area contributed by atoms with Crippen LogP contribution < -0.4 is 0 Å². The molecule has 15 rings (SSSR count). The van der Waals surface area contributed by atoms with Crippen LogP contribution in [0.3, 0.4) is 0 Å². The molecule has 0 saturated carbocycles. The van der Waals surface area contributed by atoms with Crippen molar-refractivity contribution in [3.63, 3.8) is 0 Å². The quantitative estimate of drug-likeness (QED) is 0.162. The Morgan fingerprint density at radius 1 is 0.366 bits per heavy atom. The molecule has 0 fully saturated rings. The Labute approximate surface area is 409 Å². The first-order valence-electron chi connectivity index (χ1n) is 24.4. The van der Waals surface area contributed by atoms with Gasteiger partial charge in [0, 0.05) is 44.6 Å². The summed E-state index contributed by atoms with van der Waals surface area (Å²) in [5.74, 6) is 0.640. The fourth-order valence-electron chi connectivity index (χ4n) is 12.1. The topological polar surface area (TPSA) is 48.5 Å². The molecule has 0 radical (unpaired) electrons. The zero-order valence-electron chi connectivity index (χ0n) is 39.1. The molecule has 332 valence electrons. The summed E-state index contributed by atoms with van der Waals surface area (Å²) in [6.45, 7) is 4.82. The molecule has 0 spiro atoms. The lowest BCUT2D eigenvalue weighted by Gasteiger charge is -2.24. The second-order valence-electron chi connectivity index (χ2n) is 19.6. The van der Waals surface area contributed by atoms with E-state index in [1.54, 1.807) is 0 Å². The number of fused-ring (bicyclic) bond motifs is 16.